The van der Waals surface area contributed by atoms with E-state index in [4.69, 9.17) is 4.42 Å². The van der Waals surface area contributed by atoms with E-state index in [1.165, 1.54) is 30.3 Å². The summed E-state index contributed by atoms with van der Waals surface area (Å²) in [5.41, 5.74) is 0.742. The third kappa shape index (κ3) is 3.33. The van der Waals surface area contributed by atoms with E-state index in [2.05, 4.69) is 15.6 Å². The van der Waals surface area contributed by atoms with Crippen molar-refractivity contribution in [3.63, 3.8) is 0 Å². The van der Waals surface area contributed by atoms with Crippen molar-refractivity contribution in [1.82, 2.24) is 10.3 Å². The van der Waals surface area contributed by atoms with E-state index in [9.17, 15) is 4.79 Å². The average Bonchev–Trinajstić information content (AvgIpc) is 3.40. The Hall–Kier alpha value is -1.66. The molecular weight excluding hydrogens is 310 g/mol. The third-order valence-electron chi connectivity index (χ3n) is 4.56. The van der Waals surface area contributed by atoms with Crippen LogP contribution in [0.1, 0.15) is 51.2 Å². The summed E-state index contributed by atoms with van der Waals surface area (Å²) in [6, 6.07) is 2.64. The van der Waals surface area contributed by atoms with Gasteiger partial charge in [0.25, 0.3) is 5.91 Å². The lowest BCUT2D eigenvalue weighted by molar-refractivity contribution is 0.102. The van der Waals surface area contributed by atoms with Gasteiger partial charge in [0.1, 0.15) is 0 Å². The molecule has 1 amide bonds. The van der Waals surface area contributed by atoms with Gasteiger partial charge < -0.3 is 9.73 Å². The molecule has 0 radical (unpaired) electrons. The maximum atomic E-state index is 12.4. The fourth-order valence-corrected chi connectivity index (χ4v) is 4.09. The molecule has 0 spiro atoms. The number of aromatic nitrogens is 1. The molecule has 2 aliphatic rings. The van der Waals surface area contributed by atoms with Gasteiger partial charge in [-0.1, -0.05) is 0 Å². The Morgan fingerprint density at radius 2 is 2.26 bits per heavy atom. The molecule has 2 unspecified atom stereocenters. The minimum absolute atomic E-state index is 0.121. The Morgan fingerprint density at radius 3 is 2.96 bits per heavy atom. The van der Waals surface area contributed by atoms with Gasteiger partial charge in [0.15, 0.2) is 5.89 Å². The number of aryl methyl sites for hydroxylation is 2. The van der Waals surface area contributed by atoms with Crippen molar-refractivity contribution in [2.45, 2.75) is 45.1 Å². The SMILES string of the molecule is Cc1ncc(NC(=O)c2cc(C3CC3NCC3CC3)sc2C)o1. The van der Waals surface area contributed by atoms with E-state index in [0.717, 1.165) is 22.9 Å². The van der Waals surface area contributed by atoms with Crippen LogP contribution in [-0.4, -0.2) is 23.5 Å². The smallest absolute Gasteiger partial charge is 0.259 e. The molecule has 0 bridgehead atoms. The van der Waals surface area contributed by atoms with Gasteiger partial charge in [-0.25, -0.2) is 4.98 Å². The number of nitrogens with zero attached hydrogens (tertiary/aromatic N) is 1. The second kappa shape index (κ2) is 5.76. The van der Waals surface area contributed by atoms with E-state index in [1.54, 1.807) is 18.3 Å². The van der Waals surface area contributed by atoms with Crippen LogP contribution < -0.4 is 10.6 Å². The average molecular weight is 331 g/mol. The Morgan fingerprint density at radius 1 is 1.43 bits per heavy atom. The van der Waals surface area contributed by atoms with E-state index in [1.807, 2.05) is 13.0 Å². The predicted octanol–water partition coefficient (Wildman–Crippen LogP) is 3.46. The molecule has 2 atom stereocenters. The Labute approximate surface area is 139 Å². The Kier molecular flexibility index (Phi) is 3.73. The number of anilines is 1. The number of amides is 1. The van der Waals surface area contributed by atoms with Crippen LogP contribution >= 0.6 is 11.3 Å². The molecule has 4 rings (SSSR count). The molecule has 5 nitrogen and oxygen atoms in total. The molecule has 2 aromatic rings. The van der Waals surface area contributed by atoms with Crippen LogP contribution in [0.15, 0.2) is 16.7 Å². The van der Waals surface area contributed by atoms with E-state index >= 15 is 0 Å². The quantitative estimate of drug-likeness (QED) is 0.850. The van der Waals surface area contributed by atoms with E-state index in [0.29, 0.717) is 23.7 Å². The first-order valence-electron chi connectivity index (χ1n) is 8.17. The zero-order chi connectivity index (χ0) is 16.0. The molecule has 2 heterocycles. The van der Waals surface area contributed by atoms with Crippen molar-refractivity contribution >= 4 is 23.1 Å². The standard InChI is InChI=1S/C17H21N3O2S/c1-9-12(17(21)20-16-8-18-10(2)22-16)6-15(23-9)13-5-14(13)19-7-11-3-4-11/h6,8,11,13-14,19H,3-5,7H2,1-2H3,(H,20,21). The summed E-state index contributed by atoms with van der Waals surface area (Å²) in [7, 11) is 0. The van der Waals surface area contributed by atoms with Crippen molar-refractivity contribution in [3.05, 3.63) is 33.5 Å². The number of thiophene rings is 1. The molecule has 23 heavy (non-hydrogen) atoms. The summed E-state index contributed by atoms with van der Waals surface area (Å²) in [5.74, 6) is 2.31. The van der Waals surface area contributed by atoms with Gasteiger partial charge in [-0.2, -0.15) is 0 Å². The lowest BCUT2D eigenvalue weighted by atomic mass is 10.2. The van der Waals surface area contributed by atoms with E-state index in [-0.39, 0.29) is 5.91 Å². The maximum absolute atomic E-state index is 12.4. The zero-order valence-corrected chi connectivity index (χ0v) is 14.2. The number of nitrogens with one attached hydrogen (secondary N) is 2. The molecule has 0 aliphatic heterocycles. The van der Waals surface area contributed by atoms with Crippen LogP contribution in [-0.2, 0) is 0 Å². The summed E-state index contributed by atoms with van der Waals surface area (Å²) < 4.78 is 5.31. The number of carbonyl (C=O) groups is 1. The monoisotopic (exact) mass is 331 g/mol. The van der Waals surface area contributed by atoms with Crippen molar-refractivity contribution in [2.75, 3.05) is 11.9 Å². The lowest BCUT2D eigenvalue weighted by Gasteiger charge is -2.01. The van der Waals surface area contributed by atoms with Gasteiger partial charge >= 0.3 is 0 Å². The predicted molar refractivity (Wildman–Crippen MR) is 90.1 cm³/mol. The normalized spacial score (nSPS) is 23.0. The number of hydrogen-bond donors (Lipinski definition) is 2. The van der Waals surface area contributed by atoms with Crippen LogP contribution in [0.25, 0.3) is 0 Å². The largest absolute Gasteiger partial charge is 0.425 e. The second-order valence-corrected chi connectivity index (χ2v) is 7.90. The fraction of sp³-hybridized carbons (Fsp3) is 0.529. The van der Waals surface area contributed by atoms with Crippen molar-refractivity contribution < 1.29 is 9.21 Å². The molecule has 2 N–H and O–H groups in total. The highest BCUT2D eigenvalue weighted by Crippen LogP contribution is 2.45. The summed E-state index contributed by atoms with van der Waals surface area (Å²) in [6.07, 6.45) is 5.49. The topological polar surface area (TPSA) is 67.2 Å². The molecule has 2 aromatic heterocycles. The third-order valence-corrected chi connectivity index (χ3v) is 5.74. The number of hydrogen-bond acceptors (Lipinski definition) is 5. The van der Waals surface area contributed by atoms with Crippen LogP contribution in [0.2, 0.25) is 0 Å². The first-order chi connectivity index (χ1) is 11.1. The highest BCUT2D eigenvalue weighted by molar-refractivity contribution is 7.12. The Bertz CT molecular complexity index is 732. The molecule has 122 valence electrons. The highest BCUT2D eigenvalue weighted by atomic mass is 32.1. The minimum atomic E-state index is -0.121. The van der Waals surface area contributed by atoms with Crippen LogP contribution in [0, 0.1) is 19.8 Å². The molecule has 2 saturated carbocycles. The molecule has 6 heteroatoms. The first kappa shape index (κ1) is 14.9. The van der Waals surface area contributed by atoms with Crippen LogP contribution in [0.3, 0.4) is 0 Å². The van der Waals surface area contributed by atoms with Gasteiger partial charge in [0.05, 0.1) is 11.8 Å². The number of oxazole rings is 1. The fourth-order valence-electron chi connectivity index (χ4n) is 2.89. The zero-order valence-electron chi connectivity index (χ0n) is 13.4. The van der Waals surface area contributed by atoms with Crippen molar-refractivity contribution in [1.29, 1.82) is 0 Å². The molecular formula is C17H21N3O2S. The van der Waals surface area contributed by atoms with Crippen LogP contribution in [0.5, 0.6) is 0 Å². The molecule has 2 aliphatic carbocycles. The number of rotatable bonds is 6. The lowest BCUT2D eigenvalue weighted by Crippen LogP contribution is -2.20. The molecule has 2 fully saturated rings. The maximum Gasteiger partial charge on any atom is 0.259 e. The highest BCUT2D eigenvalue weighted by Gasteiger charge is 2.40. The Balaban J connectivity index is 1.39. The first-order valence-corrected chi connectivity index (χ1v) is 8.99. The van der Waals surface area contributed by atoms with Gasteiger partial charge in [0, 0.05) is 28.6 Å². The van der Waals surface area contributed by atoms with Gasteiger partial charge in [0.2, 0.25) is 5.88 Å². The molecule has 0 saturated heterocycles. The van der Waals surface area contributed by atoms with Gasteiger partial charge in [-0.15, -0.1) is 11.3 Å². The second-order valence-electron chi connectivity index (χ2n) is 6.62. The van der Waals surface area contributed by atoms with Crippen molar-refractivity contribution in [2.24, 2.45) is 5.92 Å². The summed E-state index contributed by atoms with van der Waals surface area (Å²) in [6.45, 7) is 4.92. The van der Waals surface area contributed by atoms with Crippen molar-refractivity contribution in [3.8, 4) is 0 Å². The minimum Gasteiger partial charge on any atom is -0.425 e. The summed E-state index contributed by atoms with van der Waals surface area (Å²) >= 11 is 1.74. The summed E-state index contributed by atoms with van der Waals surface area (Å²) in [4.78, 5) is 18.8. The van der Waals surface area contributed by atoms with Gasteiger partial charge in [-0.3, -0.25) is 10.1 Å². The summed E-state index contributed by atoms with van der Waals surface area (Å²) in [5, 5.41) is 6.43. The molecule has 0 aromatic carbocycles. The van der Waals surface area contributed by atoms with E-state index < -0.39 is 0 Å². The van der Waals surface area contributed by atoms with Crippen LogP contribution in [0.4, 0.5) is 5.88 Å². The number of carbonyl (C=O) groups excluding carboxylic acids is 1. The van der Waals surface area contributed by atoms with Gasteiger partial charge in [-0.05, 0) is 44.7 Å².